The Kier molecular flexibility index (Phi) is 5.62. The first-order chi connectivity index (χ1) is 17.6. The minimum Gasteiger partial charge on any atom is -0.338 e. The van der Waals surface area contributed by atoms with Crippen molar-refractivity contribution in [1.82, 2.24) is 19.6 Å². The fourth-order valence-electron chi connectivity index (χ4n) is 7.75. The molecule has 16 rings (SSSR count). The van der Waals surface area contributed by atoms with E-state index >= 15 is 0 Å². The van der Waals surface area contributed by atoms with Crippen LogP contribution < -0.4 is 0 Å². The molecule has 14 aliphatic heterocycles. The molecule has 2 aromatic rings. The van der Waals surface area contributed by atoms with Crippen LogP contribution in [0.2, 0.25) is 0 Å². The summed E-state index contributed by atoms with van der Waals surface area (Å²) < 4.78 is 0. The maximum atomic E-state index is 13.4. The molecule has 2 amide bonds. The van der Waals surface area contributed by atoms with Crippen LogP contribution in [0.3, 0.4) is 0 Å². The van der Waals surface area contributed by atoms with Gasteiger partial charge in [-0.15, -0.1) is 0 Å². The van der Waals surface area contributed by atoms with Crippen LogP contribution in [0.5, 0.6) is 0 Å². The van der Waals surface area contributed by atoms with E-state index in [-0.39, 0.29) is 11.8 Å². The van der Waals surface area contributed by atoms with Gasteiger partial charge in [0.1, 0.15) is 0 Å². The summed E-state index contributed by atoms with van der Waals surface area (Å²) in [5.41, 5.74) is 4.19. The molecule has 4 atom stereocenters. The lowest BCUT2D eigenvalue weighted by Crippen LogP contribution is -2.54. The number of carbonyl (C=O) groups is 2. The summed E-state index contributed by atoms with van der Waals surface area (Å²) in [6, 6.07) is 16.7. The first kappa shape index (κ1) is 22.5. The van der Waals surface area contributed by atoms with Gasteiger partial charge in [-0.1, -0.05) is 24.3 Å². The highest BCUT2D eigenvalue weighted by atomic mass is 16.2. The molecule has 12 bridgehead atoms. The molecule has 0 N–H and O–H groups in total. The Morgan fingerprint density at radius 2 is 0.806 bits per heavy atom. The first-order valence-corrected chi connectivity index (χ1v) is 13.8. The van der Waals surface area contributed by atoms with Crippen molar-refractivity contribution in [2.24, 2.45) is 23.7 Å². The van der Waals surface area contributed by atoms with Crippen LogP contribution in [-0.4, -0.2) is 83.8 Å². The molecule has 6 nitrogen and oxygen atoms in total. The number of amides is 2. The van der Waals surface area contributed by atoms with Gasteiger partial charge in [-0.2, -0.15) is 0 Å². The van der Waals surface area contributed by atoms with Crippen molar-refractivity contribution in [3.8, 4) is 0 Å². The summed E-state index contributed by atoms with van der Waals surface area (Å²) in [5.74, 6) is 2.36. The van der Waals surface area contributed by atoms with Gasteiger partial charge in [0.25, 0.3) is 11.8 Å². The number of piperidine rings is 4. The highest BCUT2D eigenvalue weighted by Gasteiger charge is 2.38. The van der Waals surface area contributed by atoms with E-state index in [0.717, 1.165) is 65.4 Å². The second-order valence-corrected chi connectivity index (χ2v) is 12.1. The monoisotopic (exact) mass is 484 g/mol. The zero-order valence-electron chi connectivity index (χ0n) is 21.0. The highest BCUT2D eigenvalue weighted by Crippen LogP contribution is 2.32. The Bertz CT molecular complexity index is 1030. The molecule has 0 radical (unpaired) electrons. The van der Waals surface area contributed by atoms with E-state index in [1.54, 1.807) is 0 Å². The van der Waals surface area contributed by atoms with Crippen LogP contribution in [0.4, 0.5) is 0 Å². The molecule has 14 heterocycles. The van der Waals surface area contributed by atoms with Gasteiger partial charge in [0, 0.05) is 76.6 Å². The van der Waals surface area contributed by atoms with E-state index in [2.05, 4.69) is 43.9 Å². The minimum absolute atomic E-state index is 0.113. The van der Waals surface area contributed by atoms with Gasteiger partial charge in [0.15, 0.2) is 0 Å². The van der Waals surface area contributed by atoms with Crippen molar-refractivity contribution < 1.29 is 9.59 Å². The zero-order chi connectivity index (χ0) is 24.2. The standard InChI is InChI=1S/C30H36N4O2/c35-29-27-5-7-28(8-6-27)30(36)34-19-25-10-26(20-34)16-32(15-25)12-22-2-1-21(3-4-22)11-31-13-23-9-24(14-31)18-33(29)17-23/h1-8,23-26H,9-20H2. The summed E-state index contributed by atoms with van der Waals surface area (Å²) in [6.07, 6.45) is 2.45. The van der Waals surface area contributed by atoms with Crippen molar-refractivity contribution in [3.63, 3.8) is 0 Å². The topological polar surface area (TPSA) is 47.1 Å². The third-order valence-corrected chi connectivity index (χ3v) is 9.10. The lowest BCUT2D eigenvalue weighted by atomic mass is 9.84. The molecule has 0 aromatic heterocycles. The number of hydrogen-bond donors (Lipinski definition) is 0. The van der Waals surface area contributed by atoms with Crippen LogP contribution in [0.25, 0.3) is 0 Å². The Labute approximate surface area is 213 Å². The lowest BCUT2D eigenvalue weighted by Gasteiger charge is -2.46. The van der Waals surface area contributed by atoms with Crippen molar-refractivity contribution in [3.05, 3.63) is 70.8 Å². The van der Waals surface area contributed by atoms with E-state index in [0.29, 0.717) is 34.8 Å². The average molecular weight is 485 g/mol. The Hall–Kier alpha value is -2.70. The van der Waals surface area contributed by atoms with Crippen molar-refractivity contribution in [2.45, 2.75) is 25.9 Å². The molecule has 4 fully saturated rings. The fraction of sp³-hybridized carbons (Fsp3) is 0.533. The summed E-state index contributed by atoms with van der Waals surface area (Å²) in [5, 5.41) is 0. The third-order valence-electron chi connectivity index (χ3n) is 9.10. The molecule has 0 aliphatic carbocycles. The predicted octanol–water partition coefficient (Wildman–Crippen LogP) is 3.19. The van der Waals surface area contributed by atoms with Crippen molar-refractivity contribution >= 4 is 11.8 Å². The fourth-order valence-corrected chi connectivity index (χ4v) is 7.75. The predicted molar refractivity (Wildman–Crippen MR) is 138 cm³/mol. The van der Waals surface area contributed by atoms with Crippen LogP contribution in [-0.2, 0) is 13.1 Å². The molecule has 0 spiro atoms. The van der Waals surface area contributed by atoms with Gasteiger partial charge in [0.05, 0.1) is 0 Å². The molecule has 188 valence electrons. The molecular formula is C30H36N4O2. The lowest BCUT2D eigenvalue weighted by molar-refractivity contribution is 0.0231. The molecule has 36 heavy (non-hydrogen) atoms. The van der Waals surface area contributed by atoms with Crippen molar-refractivity contribution in [1.29, 1.82) is 0 Å². The van der Waals surface area contributed by atoms with Gasteiger partial charge in [-0.3, -0.25) is 19.4 Å². The van der Waals surface area contributed by atoms with Crippen LogP contribution in [0.1, 0.15) is 44.7 Å². The quantitative estimate of drug-likeness (QED) is 0.576. The van der Waals surface area contributed by atoms with E-state index in [9.17, 15) is 9.59 Å². The average Bonchev–Trinajstić information content (AvgIpc) is 2.87. The summed E-state index contributed by atoms with van der Waals surface area (Å²) in [4.78, 5) is 36.0. The van der Waals surface area contributed by atoms with Crippen LogP contribution >= 0.6 is 0 Å². The van der Waals surface area contributed by atoms with Crippen LogP contribution in [0, 0.1) is 23.7 Å². The summed E-state index contributed by atoms with van der Waals surface area (Å²) >= 11 is 0. The maximum absolute atomic E-state index is 13.4. The van der Waals surface area contributed by atoms with Crippen molar-refractivity contribution in [2.75, 3.05) is 52.4 Å². The van der Waals surface area contributed by atoms with E-state index in [1.807, 2.05) is 24.3 Å². The molecule has 4 unspecified atom stereocenters. The molecule has 14 aliphatic rings. The van der Waals surface area contributed by atoms with Gasteiger partial charge < -0.3 is 9.80 Å². The molecule has 2 aromatic carbocycles. The Morgan fingerprint density at radius 1 is 0.472 bits per heavy atom. The molecular weight excluding hydrogens is 448 g/mol. The van der Waals surface area contributed by atoms with Gasteiger partial charge >= 0.3 is 0 Å². The number of rotatable bonds is 0. The molecule has 0 saturated carbocycles. The molecule has 6 heteroatoms. The number of hydrogen-bond acceptors (Lipinski definition) is 4. The number of benzene rings is 2. The van der Waals surface area contributed by atoms with Gasteiger partial charge in [0.2, 0.25) is 0 Å². The normalized spacial score (nSPS) is 33.9. The second-order valence-electron chi connectivity index (χ2n) is 12.1. The largest absolute Gasteiger partial charge is 0.338 e. The third kappa shape index (κ3) is 4.35. The van der Waals surface area contributed by atoms with E-state index in [1.165, 1.54) is 24.0 Å². The number of carbonyl (C=O) groups excluding carboxylic acids is 2. The van der Waals surface area contributed by atoms with E-state index < -0.39 is 0 Å². The SMILES string of the molecule is O=C1c2ccc(cc2)C(=O)N2CC3CC(CN(Cc4ccc(cc4)CN4CC5CC(C4)CN1C5)C3)C2. The maximum Gasteiger partial charge on any atom is 0.253 e. The summed E-state index contributed by atoms with van der Waals surface area (Å²) in [6.45, 7) is 9.56. The highest BCUT2D eigenvalue weighted by molar-refractivity contribution is 5.98. The Morgan fingerprint density at radius 3 is 1.14 bits per heavy atom. The Balaban J connectivity index is 1.18. The second kappa shape index (κ2) is 9.00. The van der Waals surface area contributed by atoms with Gasteiger partial charge in [-0.25, -0.2) is 0 Å². The minimum atomic E-state index is 0.113. The summed E-state index contributed by atoms with van der Waals surface area (Å²) in [7, 11) is 0. The van der Waals surface area contributed by atoms with E-state index in [4.69, 9.17) is 0 Å². The molecule has 4 saturated heterocycles. The van der Waals surface area contributed by atoms with Gasteiger partial charge in [-0.05, 0) is 71.9 Å². The first-order valence-electron chi connectivity index (χ1n) is 13.8. The zero-order valence-corrected chi connectivity index (χ0v) is 21.0. The number of nitrogens with zero attached hydrogens (tertiary/aromatic N) is 4. The smallest absolute Gasteiger partial charge is 0.253 e. The van der Waals surface area contributed by atoms with Crippen LogP contribution in [0.15, 0.2) is 48.5 Å².